The van der Waals surface area contributed by atoms with Crippen molar-refractivity contribution in [1.82, 2.24) is 15.1 Å². The van der Waals surface area contributed by atoms with Gasteiger partial charge in [0.15, 0.2) is 0 Å². The number of amides is 1. The molecule has 0 saturated carbocycles. The first-order valence-electron chi connectivity index (χ1n) is 31.3. The summed E-state index contributed by atoms with van der Waals surface area (Å²) < 4.78 is 17.6. The van der Waals surface area contributed by atoms with E-state index in [0.29, 0.717) is 31.7 Å². The summed E-state index contributed by atoms with van der Waals surface area (Å²) in [5.74, 6) is 0.140. The second-order valence-electron chi connectivity index (χ2n) is 22.0. The van der Waals surface area contributed by atoms with Gasteiger partial charge in [-0.25, -0.2) is 0 Å². The summed E-state index contributed by atoms with van der Waals surface area (Å²) in [5.41, 5.74) is 0. The van der Waals surface area contributed by atoms with Crippen molar-refractivity contribution in [2.75, 3.05) is 40.3 Å². The molecule has 2 atom stereocenters. The van der Waals surface area contributed by atoms with Gasteiger partial charge in [-0.1, -0.05) is 196 Å². The average molecular weight is 1020 g/mol. The van der Waals surface area contributed by atoms with Gasteiger partial charge in [0, 0.05) is 31.8 Å². The first-order chi connectivity index (χ1) is 35.0. The maximum absolute atomic E-state index is 14.2. The van der Waals surface area contributed by atoms with Crippen LogP contribution in [-0.2, 0) is 33.4 Å². The summed E-state index contributed by atoms with van der Waals surface area (Å²) >= 11 is 0. The van der Waals surface area contributed by atoms with Crippen molar-refractivity contribution in [2.24, 2.45) is 0 Å². The van der Waals surface area contributed by atoms with E-state index in [0.717, 1.165) is 257 Å². The van der Waals surface area contributed by atoms with E-state index in [1.807, 2.05) is 0 Å². The lowest BCUT2D eigenvalue weighted by Gasteiger charge is -2.33. The van der Waals surface area contributed by atoms with Gasteiger partial charge in [-0.3, -0.25) is 19.2 Å². The molecule has 0 aliphatic carbocycles. The smallest absolute Gasteiger partial charge is 0.320 e. The Kier molecular flexibility index (Phi) is 50.7. The maximum atomic E-state index is 14.2. The number of rotatable bonds is 55. The molecular formula is C62H121N3O7. The topological polar surface area (TPSA) is 114 Å². The van der Waals surface area contributed by atoms with Gasteiger partial charge >= 0.3 is 17.9 Å². The number of unbranched alkanes of at least 4 members (excludes halogenated alkanes) is 21. The predicted molar refractivity (Wildman–Crippen MR) is 305 cm³/mol. The molecule has 0 aromatic rings. The SMILES string of the molecule is CCCCCC(CCCC)OC(=O)CNCCCCCCCC(CCCCCCCCC(=O)OC(CCCC)CCCC)N(CCCCN(C)C)C(=O)CCCCCCCC(=O)OC(CCCC)CCCC. The minimum absolute atomic E-state index is 0.0194. The Bertz CT molecular complexity index is 1220. The number of carbonyl (C=O) groups excluding carboxylic acids is 4. The van der Waals surface area contributed by atoms with Crippen molar-refractivity contribution in [3.63, 3.8) is 0 Å². The van der Waals surface area contributed by atoms with Gasteiger partial charge in [0.25, 0.3) is 0 Å². The van der Waals surface area contributed by atoms with Crippen LogP contribution in [-0.4, -0.2) is 98.2 Å². The summed E-state index contributed by atoms with van der Waals surface area (Å²) in [5, 5.41) is 3.34. The number of carbonyl (C=O) groups is 4. The zero-order chi connectivity index (χ0) is 53.1. The molecule has 0 bridgehead atoms. The van der Waals surface area contributed by atoms with Crippen molar-refractivity contribution >= 4 is 23.8 Å². The van der Waals surface area contributed by atoms with Crippen LogP contribution < -0.4 is 5.32 Å². The Morgan fingerprint density at radius 1 is 0.361 bits per heavy atom. The molecular weight excluding hydrogens is 899 g/mol. The molecule has 0 aromatic carbocycles. The number of nitrogens with one attached hydrogen (secondary N) is 1. The minimum Gasteiger partial charge on any atom is -0.462 e. The second-order valence-corrected chi connectivity index (χ2v) is 22.0. The van der Waals surface area contributed by atoms with E-state index < -0.39 is 0 Å². The van der Waals surface area contributed by atoms with Crippen LogP contribution in [0.3, 0.4) is 0 Å². The quantitative estimate of drug-likeness (QED) is 0.0361. The Hall–Kier alpha value is -2.20. The van der Waals surface area contributed by atoms with Gasteiger partial charge in [-0.05, 0) is 123 Å². The molecule has 0 saturated heterocycles. The molecule has 0 spiro atoms. The summed E-state index contributed by atoms with van der Waals surface area (Å²) in [6.45, 7) is 16.2. The third kappa shape index (κ3) is 44.1. The lowest BCUT2D eigenvalue weighted by atomic mass is 9.97. The Labute approximate surface area is 446 Å². The van der Waals surface area contributed by atoms with Crippen LogP contribution in [0.25, 0.3) is 0 Å². The molecule has 2 unspecified atom stereocenters. The third-order valence-electron chi connectivity index (χ3n) is 14.5. The van der Waals surface area contributed by atoms with Gasteiger partial charge in [0.2, 0.25) is 5.91 Å². The van der Waals surface area contributed by atoms with Gasteiger partial charge in [-0.15, -0.1) is 0 Å². The largest absolute Gasteiger partial charge is 0.462 e. The highest BCUT2D eigenvalue weighted by Gasteiger charge is 2.23. The van der Waals surface area contributed by atoms with Crippen LogP contribution in [0.4, 0.5) is 0 Å². The molecule has 0 aliphatic heterocycles. The molecule has 0 aliphatic rings. The highest BCUT2D eigenvalue weighted by Crippen LogP contribution is 2.23. The lowest BCUT2D eigenvalue weighted by molar-refractivity contribution is -0.151. The van der Waals surface area contributed by atoms with Crippen molar-refractivity contribution in [3.8, 4) is 0 Å². The second kappa shape index (κ2) is 52.3. The number of esters is 3. The lowest BCUT2D eigenvalue weighted by Crippen LogP contribution is -2.41. The fourth-order valence-electron chi connectivity index (χ4n) is 9.89. The molecule has 1 N–H and O–H groups in total. The van der Waals surface area contributed by atoms with Gasteiger partial charge in [0.1, 0.15) is 18.3 Å². The monoisotopic (exact) mass is 1020 g/mol. The Morgan fingerprint density at radius 3 is 1.14 bits per heavy atom. The van der Waals surface area contributed by atoms with Crippen LogP contribution in [0.1, 0.15) is 311 Å². The molecule has 0 fully saturated rings. The van der Waals surface area contributed by atoms with Gasteiger partial charge < -0.3 is 29.3 Å². The molecule has 0 heterocycles. The zero-order valence-electron chi connectivity index (χ0n) is 49.1. The van der Waals surface area contributed by atoms with Crippen LogP contribution in [0.5, 0.6) is 0 Å². The number of ether oxygens (including phenoxy) is 3. The van der Waals surface area contributed by atoms with Crippen molar-refractivity contribution in [2.45, 2.75) is 336 Å². The Morgan fingerprint density at radius 2 is 0.708 bits per heavy atom. The summed E-state index contributed by atoms with van der Waals surface area (Å²) in [6.07, 6.45) is 43.5. The predicted octanol–water partition coefficient (Wildman–Crippen LogP) is 16.6. The van der Waals surface area contributed by atoms with Gasteiger partial charge in [-0.2, -0.15) is 0 Å². The van der Waals surface area contributed by atoms with E-state index in [2.05, 4.69) is 70.8 Å². The number of nitrogens with zero attached hydrogens (tertiary/aromatic N) is 2. The molecule has 0 aromatic heterocycles. The van der Waals surface area contributed by atoms with E-state index in [-0.39, 0.29) is 42.3 Å². The average Bonchev–Trinajstić information content (AvgIpc) is 3.36. The molecule has 72 heavy (non-hydrogen) atoms. The fraction of sp³-hybridized carbons (Fsp3) is 0.935. The molecule has 1 amide bonds. The highest BCUT2D eigenvalue weighted by atomic mass is 16.6. The molecule has 10 heteroatoms. The summed E-state index contributed by atoms with van der Waals surface area (Å²) in [6, 6.07) is 0.264. The summed E-state index contributed by atoms with van der Waals surface area (Å²) in [7, 11) is 4.25. The van der Waals surface area contributed by atoms with Crippen molar-refractivity contribution in [1.29, 1.82) is 0 Å². The first kappa shape index (κ1) is 69.8. The van der Waals surface area contributed by atoms with Crippen molar-refractivity contribution in [3.05, 3.63) is 0 Å². The zero-order valence-corrected chi connectivity index (χ0v) is 49.1. The molecule has 0 radical (unpaired) electrons. The molecule has 0 rings (SSSR count). The van der Waals surface area contributed by atoms with Crippen molar-refractivity contribution < 1.29 is 33.4 Å². The number of hydrogen-bond acceptors (Lipinski definition) is 9. The molecule has 426 valence electrons. The van der Waals surface area contributed by atoms with E-state index in [1.54, 1.807) is 0 Å². The van der Waals surface area contributed by atoms with Crippen LogP contribution >= 0.6 is 0 Å². The van der Waals surface area contributed by atoms with E-state index >= 15 is 0 Å². The maximum Gasteiger partial charge on any atom is 0.320 e. The third-order valence-corrected chi connectivity index (χ3v) is 14.5. The normalized spacial score (nSPS) is 12.5. The minimum atomic E-state index is -0.118. The van der Waals surface area contributed by atoms with Crippen LogP contribution in [0.15, 0.2) is 0 Å². The van der Waals surface area contributed by atoms with Gasteiger partial charge in [0.05, 0.1) is 6.54 Å². The summed E-state index contributed by atoms with van der Waals surface area (Å²) in [4.78, 5) is 56.7. The van der Waals surface area contributed by atoms with E-state index in [9.17, 15) is 19.2 Å². The standard InChI is InChI=1S/C62H121N3O7/c1-9-15-31-47-58(46-20-14-6)72-62(69)54-63-51-37-30-24-26-33-41-55(40-32-25-21-22-28-35-49-60(67)70-56(42-16-10-2)43-17-11-3)65(53-39-38-52-64(7)8)59(66)48-34-27-23-29-36-50-61(68)71-57(44-18-12-4)45-19-13-5/h55-58,63H,9-54H2,1-8H3. The van der Waals surface area contributed by atoms with Crippen LogP contribution in [0.2, 0.25) is 0 Å². The van der Waals surface area contributed by atoms with E-state index in [1.165, 1.54) is 12.8 Å². The Balaban J connectivity index is 5.29. The fourth-order valence-corrected chi connectivity index (χ4v) is 9.89. The van der Waals surface area contributed by atoms with E-state index in [4.69, 9.17) is 14.2 Å². The van der Waals surface area contributed by atoms with Crippen LogP contribution in [0, 0.1) is 0 Å². The number of hydrogen-bond donors (Lipinski definition) is 1. The highest BCUT2D eigenvalue weighted by molar-refractivity contribution is 5.76. The molecule has 10 nitrogen and oxygen atoms in total. The first-order valence-corrected chi connectivity index (χ1v) is 31.3.